The lowest BCUT2D eigenvalue weighted by Crippen LogP contribution is -2.38. The summed E-state index contributed by atoms with van der Waals surface area (Å²) < 4.78 is 0. The van der Waals surface area contributed by atoms with Crippen LogP contribution in [-0.2, 0) is 5.54 Å². The van der Waals surface area contributed by atoms with Crippen molar-refractivity contribution in [2.24, 2.45) is 5.73 Å². The maximum Gasteiger partial charge on any atom is 0.124 e. The zero-order valence-corrected chi connectivity index (χ0v) is 10.9. The van der Waals surface area contributed by atoms with Crippen molar-refractivity contribution in [2.75, 3.05) is 0 Å². The molecule has 0 amide bonds. The molecule has 0 aliphatic heterocycles. The van der Waals surface area contributed by atoms with E-state index in [2.05, 4.69) is 13.8 Å². The number of para-hydroxylation sites is 1. The minimum absolute atomic E-state index is 0.312. The van der Waals surface area contributed by atoms with E-state index in [0.29, 0.717) is 11.7 Å². The highest BCUT2D eigenvalue weighted by Gasteiger charge is 2.32. The molecule has 1 aliphatic rings. The summed E-state index contributed by atoms with van der Waals surface area (Å²) in [6.45, 7) is 4.20. The van der Waals surface area contributed by atoms with Crippen LogP contribution in [0, 0.1) is 0 Å². The average Bonchev–Trinajstić information content (AvgIpc) is 2.29. The van der Waals surface area contributed by atoms with E-state index in [4.69, 9.17) is 5.73 Å². The van der Waals surface area contributed by atoms with Gasteiger partial charge in [-0.3, -0.25) is 0 Å². The van der Waals surface area contributed by atoms with Crippen LogP contribution in [0.25, 0.3) is 0 Å². The first-order valence-electron chi connectivity index (χ1n) is 6.66. The van der Waals surface area contributed by atoms with Crippen LogP contribution in [0.15, 0.2) is 18.2 Å². The van der Waals surface area contributed by atoms with Crippen LogP contribution in [0.2, 0.25) is 0 Å². The number of phenolic OH excluding ortho intramolecular Hbond substituents is 1. The van der Waals surface area contributed by atoms with Crippen molar-refractivity contribution in [1.82, 2.24) is 0 Å². The summed E-state index contributed by atoms with van der Waals surface area (Å²) in [5.41, 5.74) is 8.14. The van der Waals surface area contributed by atoms with Gasteiger partial charge in [0.2, 0.25) is 0 Å². The quantitative estimate of drug-likeness (QED) is 0.819. The number of aromatic hydroxyl groups is 1. The SMILES string of the molecule is CC(C)c1cccc(C2(N)CCCCC2)c1O. The lowest BCUT2D eigenvalue weighted by atomic mass is 9.76. The molecule has 0 radical (unpaired) electrons. The summed E-state index contributed by atoms with van der Waals surface area (Å²) in [4.78, 5) is 0. The minimum Gasteiger partial charge on any atom is -0.507 e. The first kappa shape index (κ1) is 12.4. The highest BCUT2D eigenvalue weighted by Crippen LogP contribution is 2.41. The second-order valence-corrected chi connectivity index (χ2v) is 5.61. The van der Waals surface area contributed by atoms with Crippen molar-refractivity contribution in [1.29, 1.82) is 0 Å². The summed E-state index contributed by atoms with van der Waals surface area (Å²) >= 11 is 0. The van der Waals surface area contributed by atoms with Gasteiger partial charge in [-0.1, -0.05) is 51.3 Å². The van der Waals surface area contributed by atoms with Crippen LogP contribution in [-0.4, -0.2) is 5.11 Å². The fourth-order valence-corrected chi connectivity index (χ4v) is 2.88. The van der Waals surface area contributed by atoms with Gasteiger partial charge >= 0.3 is 0 Å². The van der Waals surface area contributed by atoms with Crippen LogP contribution < -0.4 is 5.73 Å². The molecule has 0 unspecified atom stereocenters. The first-order chi connectivity index (χ1) is 8.04. The Morgan fingerprint density at radius 1 is 1.18 bits per heavy atom. The molecule has 2 nitrogen and oxygen atoms in total. The number of phenols is 1. The summed E-state index contributed by atoms with van der Waals surface area (Å²) in [6.07, 6.45) is 5.58. The summed E-state index contributed by atoms with van der Waals surface area (Å²) in [7, 11) is 0. The van der Waals surface area contributed by atoms with Crippen molar-refractivity contribution in [3.8, 4) is 5.75 Å². The Balaban J connectivity index is 2.41. The van der Waals surface area contributed by atoms with E-state index in [-0.39, 0.29) is 5.54 Å². The molecule has 0 atom stereocenters. The molecule has 3 N–H and O–H groups in total. The molecule has 0 bridgehead atoms. The summed E-state index contributed by atoms with van der Waals surface area (Å²) in [5, 5.41) is 10.4. The van der Waals surface area contributed by atoms with Gasteiger partial charge in [-0.15, -0.1) is 0 Å². The smallest absolute Gasteiger partial charge is 0.124 e. The van der Waals surface area contributed by atoms with E-state index in [1.807, 2.05) is 18.2 Å². The van der Waals surface area contributed by atoms with Gasteiger partial charge in [0.1, 0.15) is 5.75 Å². The Hall–Kier alpha value is -1.02. The zero-order chi connectivity index (χ0) is 12.5. The van der Waals surface area contributed by atoms with Crippen molar-refractivity contribution in [2.45, 2.75) is 57.4 Å². The fourth-order valence-electron chi connectivity index (χ4n) is 2.88. The second-order valence-electron chi connectivity index (χ2n) is 5.61. The molecule has 1 aromatic carbocycles. The first-order valence-corrected chi connectivity index (χ1v) is 6.66. The van der Waals surface area contributed by atoms with Crippen LogP contribution >= 0.6 is 0 Å². The molecule has 1 saturated carbocycles. The normalized spacial score (nSPS) is 19.5. The third-order valence-corrected chi connectivity index (χ3v) is 3.97. The van der Waals surface area contributed by atoms with Gasteiger partial charge in [-0.05, 0) is 24.3 Å². The zero-order valence-electron chi connectivity index (χ0n) is 10.9. The molecular formula is C15H23NO. The van der Waals surface area contributed by atoms with Gasteiger partial charge in [0.15, 0.2) is 0 Å². The molecule has 2 rings (SSSR count). The van der Waals surface area contributed by atoms with E-state index >= 15 is 0 Å². The third kappa shape index (κ3) is 2.32. The highest BCUT2D eigenvalue weighted by atomic mass is 16.3. The van der Waals surface area contributed by atoms with Gasteiger partial charge in [0.25, 0.3) is 0 Å². The Morgan fingerprint density at radius 2 is 1.82 bits per heavy atom. The predicted molar refractivity (Wildman–Crippen MR) is 71.1 cm³/mol. The van der Waals surface area contributed by atoms with Crippen LogP contribution in [0.4, 0.5) is 0 Å². The topological polar surface area (TPSA) is 46.2 Å². The molecule has 0 saturated heterocycles. The Morgan fingerprint density at radius 3 is 2.41 bits per heavy atom. The second kappa shape index (κ2) is 4.69. The molecule has 17 heavy (non-hydrogen) atoms. The highest BCUT2D eigenvalue weighted by molar-refractivity contribution is 5.45. The average molecular weight is 233 g/mol. The molecule has 1 aliphatic carbocycles. The van der Waals surface area contributed by atoms with Gasteiger partial charge in [0, 0.05) is 11.1 Å². The van der Waals surface area contributed by atoms with Gasteiger partial charge < -0.3 is 10.8 Å². The number of nitrogens with two attached hydrogens (primary N) is 1. The molecule has 0 spiro atoms. The van der Waals surface area contributed by atoms with Crippen LogP contribution in [0.3, 0.4) is 0 Å². The molecule has 94 valence electrons. The summed E-state index contributed by atoms with van der Waals surface area (Å²) in [6, 6.07) is 6.01. The van der Waals surface area contributed by atoms with Gasteiger partial charge in [-0.25, -0.2) is 0 Å². The number of rotatable bonds is 2. The van der Waals surface area contributed by atoms with Crippen LogP contribution in [0.1, 0.15) is 63.0 Å². The molecule has 0 heterocycles. The molecular weight excluding hydrogens is 210 g/mol. The molecule has 1 aromatic rings. The van der Waals surface area contributed by atoms with Gasteiger partial charge in [0.05, 0.1) is 0 Å². The maximum atomic E-state index is 10.4. The summed E-state index contributed by atoms with van der Waals surface area (Å²) in [5.74, 6) is 0.758. The largest absolute Gasteiger partial charge is 0.507 e. The van der Waals surface area contributed by atoms with E-state index in [9.17, 15) is 5.11 Å². The van der Waals surface area contributed by atoms with Crippen molar-refractivity contribution < 1.29 is 5.11 Å². The van der Waals surface area contributed by atoms with Crippen molar-refractivity contribution in [3.63, 3.8) is 0 Å². The Labute approximate surface area is 104 Å². The molecule has 0 aromatic heterocycles. The van der Waals surface area contributed by atoms with E-state index in [0.717, 1.165) is 24.0 Å². The van der Waals surface area contributed by atoms with Gasteiger partial charge in [-0.2, -0.15) is 0 Å². The van der Waals surface area contributed by atoms with Crippen molar-refractivity contribution >= 4 is 0 Å². The minimum atomic E-state index is -0.312. The van der Waals surface area contributed by atoms with E-state index in [1.54, 1.807) is 0 Å². The lowest BCUT2D eigenvalue weighted by molar-refractivity contribution is 0.291. The lowest BCUT2D eigenvalue weighted by Gasteiger charge is -2.35. The number of hydrogen-bond acceptors (Lipinski definition) is 2. The third-order valence-electron chi connectivity index (χ3n) is 3.97. The standard InChI is InChI=1S/C15H23NO/c1-11(2)12-7-6-8-13(14(12)17)15(16)9-4-3-5-10-15/h6-8,11,17H,3-5,9-10,16H2,1-2H3. The van der Waals surface area contributed by atoms with E-state index in [1.165, 1.54) is 19.3 Å². The fraction of sp³-hybridized carbons (Fsp3) is 0.600. The predicted octanol–water partition coefficient (Wildman–Crippen LogP) is 3.63. The Bertz CT molecular complexity index is 392. The Kier molecular flexibility index (Phi) is 3.43. The molecule has 2 heteroatoms. The number of benzene rings is 1. The monoisotopic (exact) mass is 233 g/mol. The maximum absolute atomic E-state index is 10.4. The van der Waals surface area contributed by atoms with Crippen LogP contribution in [0.5, 0.6) is 5.75 Å². The number of hydrogen-bond donors (Lipinski definition) is 2. The van der Waals surface area contributed by atoms with Crippen molar-refractivity contribution in [3.05, 3.63) is 29.3 Å². The molecule has 1 fully saturated rings. The van der Waals surface area contributed by atoms with E-state index < -0.39 is 0 Å².